The molecule has 0 aliphatic carbocycles. The van der Waals surface area contributed by atoms with Gasteiger partial charge in [0.15, 0.2) is 0 Å². The number of aromatic nitrogens is 3. The predicted octanol–water partition coefficient (Wildman–Crippen LogP) is 3.71. The molecule has 0 bridgehead atoms. The monoisotopic (exact) mass is 300 g/mol. The van der Waals surface area contributed by atoms with Crippen molar-refractivity contribution in [3.05, 3.63) is 59.3 Å². The summed E-state index contributed by atoms with van der Waals surface area (Å²) < 4.78 is 5.49. The average Bonchev–Trinajstić information content (AvgIpc) is 2.95. The van der Waals surface area contributed by atoms with Crippen LogP contribution in [-0.4, -0.2) is 15.0 Å². The van der Waals surface area contributed by atoms with E-state index >= 15 is 0 Å². The standard InChI is InChI=1S/C15H13ClN4O/c1-10-2-4-11(5-3-10)15-19-12(9-21-15)6-18-14-8-17-7-13(16)20-14/h2-5,7-9H,6H2,1H3,(H,18,20). The van der Waals surface area contributed by atoms with E-state index in [1.165, 1.54) is 11.8 Å². The molecular formula is C15H13ClN4O. The van der Waals surface area contributed by atoms with Gasteiger partial charge in [0.05, 0.1) is 24.6 Å². The average molecular weight is 301 g/mol. The number of hydrogen-bond acceptors (Lipinski definition) is 5. The lowest BCUT2D eigenvalue weighted by Crippen LogP contribution is -2.02. The van der Waals surface area contributed by atoms with E-state index in [9.17, 15) is 0 Å². The number of benzene rings is 1. The highest BCUT2D eigenvalue weighted by Crippen LogP contribution is 2.19. The number of halogens is 1. The van der Waals surface area contributed by atoms with Crippen LogP contribution in [0.1, 0.15) is 11.3 Å². The van der Waals surface area contributed by atoms with Crippen LogP contribution in [0.5, 0.6) is 0 Å². The molecule has 3 rings (SSSR count). The molecule has 0 amide bonds. The van der Waals surface area contributed by atoms with Crippen LogP contribution < -0.4 is 5.32 Å². The summed E-state index contributed by atoms with van der Waals surface area (Å²) in [4.78, 5) is 12.5. The number of nitrogens with one attached hydrogen (secondary N) is 1. The molecular weight excluding hydrogens is 288 g/mol. The zero-order valence-electron chi connectivity index (χ0n) is 11.4. The number of nitrogens with zero attached hydrogens (tertiary/aromatic N) is 3. The van der Waals surface area contributed by atoms with Crippen molar-refractivity contribution < 1.29 is 4.42 Å². The maximum Gasteiger partial charge on any atom is 0.226 e. The van der Waals surface area contributed by atoms with Crippen LogP contribution in [0.15, 0.2) is 47.3 Å². The highest BCUT2D eigenvalue weighted by Gasteiger charge is 2.06. The van der Waals surface area contributed by atoms with Crippen LogP contribution in [-0.2, 0) is 6.54 Å². The summed E-state index contributed by atoms with van der Waals surface area (Å²) >= 11 is 5.78. The van der Waals surface area contributed by atoms with Gasteiger partial charge in [-0.25, -0.2) is 9.97 Å². The minimum absolute atomic E-state index is 0.348. The number of rotatable bonds is 4. The van der Waals surface area contributed by atoms with Crippen molar-refractivity contribution in [2.24, 2.45) is 0 Å². The van der Waals surface area contributed by atoms with E-state index in [2.05, 4.69) is 20.3 Å². The Labute approximate surface area is 127 Å². The SMILES string of the molecule is Cc1ccc(-c2nc(CNc3cncc(Cl)n3)co2)cc1. The van der Waals surface area contributed by atoms with Crippen LogP contribution in [0.4, 0.5) is 5.82 Å². The molecule has 1 aromatic carbocycles. The molecule has 0 fully saturated rings. The Balaban J connectivity index is 1.69. The molecule has 2 heterocycles. The zero-order valence-corrected chi connectivity index (χ0v) is 12.1. The first-order valence-corrected chi connectivity index (χ1v) is 6.81. The molecule has 21 heavy (non-hydrogen) atoms. The molecule has 3 aromatic rings. The van der Waals surface area contributed by atoms with Gasteiger partial charge in [0, 0.05) is 5.56 Å². The Morgan fingerprint density at radius 2 is 1.95 bits per heavy atom. The molecule has 0 spiro atoms. The second-order valence-corrected chi connectivity index (χ2v) is 4.98. The van der Waals surface area contributed by atoms with Crippen molar-refractivity contribution in [2.75, 3.05) is 5.32 Å². The third kappa shape index (κ3) is 3.38. The summed E-state index contributed by atoms with van der Waals surface area (Å²) in [5.41, 5.74) is 2.94. The second-order valence-electron chi connectivity index (χ2n) is 4.59. The van der Waals surface area contributed by atoms with Crippen molar-refractivity contribution in [2.45, 2.75) is 13.5 Å². The van der Waals surface area contributed by atoms with Gasteiger partial charge < -0.3 is 9.73 Å². The highest BCUT2D eigenvalue weighted by molar-refractivity contribution is 6.29. The number of oxazole rings is 1. The summed E-state index contributed by atoms with van der Waals surface area (Å²) in [6.45, 7) is 2.53. The Bertz CT molecular complexity index is 739. The van der Waals surface area contributed by atoms with E-state index in [0.717, 1.165) is 11.3 Å². The fourth-order valence-corrected chi connectivity index (χ4v) is 1.97. The third-order valence-corrected chi connectivity index (χ3v) is 3.09. The van der Waals surface area contributed by atoms with Gasteiger partial charge in [-0.2, -0.15) is 0 Å². The van der Waals surface area contributed by atoms with Crippen LogP contribution >= 0.6 is 11.6 Å². The summed E-state index contributed by atoms with van der Waals surface area (Å²) in [5, 5.41) is 3.44. The highest BCUT2D eigenvalue weighted by atomic mass is 35.5. The summed E-state index contributed by atoms with van der Waals surface area (Å²) in [6.07, 6.45) is 4.71. The third-order valence-electron chi connectivity index (χ3n) is 2.91. The molecule has 0 atom stereocenters. The molecule has 0 saturated heterocycles. The second kappa shape index (κ2) is 5.93. The number of aryl methyl sites for hydroxylation is 1. The molecule has 0 unspecified atom stereocenters. The smallest absolute Gasteiger partial charge is 0.226 e. The Morgan fingerprint density at radius 3 is 2.71 bits per heavy atom. The fraction of sp³-hybridized carbons (Fsp3) is 0.133. The molecule has 6 heteroatoms. The zero-order chi connectivity index (χ0) is 14.7. The Hall–Kier alpha value is -2.40. The first kappa shape index (κ1) is 13.6. The minimum Gasteiger partial charge on any atom is -0.444 e. The van der Waals surface area contributed by atoms with Gasteiger partial charge in [0.25, 0.3) is 0 Å². The van der Waals surface area contributed by atoms with Crippen LogP contribution in [0.3, 0.4) is 0 Å². The van der Waals surface area contributed by atoms with Crippen molar-refractivity contribution in [3.8, 4) is 11.5 Å². The molecule has 2 aromatic heterocycles. The summed E-state index contributed by atoms with van der Waals surface area (Å²) in [6, 6.07) is 8.03. The van der Waals surface area contributed by atoms with Crippen molar-refractivity contribution in [1.29, 1.82) is 0 Å². The molecule has 5 nitrogen and oxygen atoms in total. The minimum atomic E-state index is 0.348. The lowest BCUT2D eigenvalue weighted by Gasteiger charge is -2.01. The molecule has 0 radical (unpaired) electrons. The molecule has 0 saturated carbocycles. The van der Waals surface area contributed by atoms with Crippen LogP contribution in [0.2, 0.25) is 5.15 Å². The molecule has 0 aliphatic heterocycles. The summed E-state index contributed by atoms with van der Waals surface area (Å²) in [7, 11) is 0. The van der Waals surface area contributed by atoms with Crippen molar-refractivity contribution in [3.63, 3.8) is 0 Å². The van der Waals surface area contributed by atoms with Gasteiger partial charge in [0.1, 0.15) is 17.2 Å². The first-order valence-electron chi connectivity index (χ1n) is 6.43. The molecule has 106 valence electrons. The van der Waals surface area contributed by atoms with Gasteiger partial charge in [0.2, 0.25) is 5.89 Å². The lowest BCUT2D eigenvalue weighted by atomic mass is 10.1. The van der Waals surface area contributed by atoms with Crippen molar-refractivity contribution >= 4 is 17.4 Å². The first-order chi connectivity index (χ1) is 10.2. The van der Waals surface area contributed by atoms with E-state index in [1.54, 1.807) is 12.5 Å². The van der Waals surface area contributed by atoms with E-state index < -0.39 is 0 Å². The topological polar surface area (TPSA) is 63.8 Å². The number of hydrogen-bond donors (Lipinski definition) is 1. The van der Waals surface area contributed by atoms with Gasteiger partial charge in [-0.15, -0.1) is 0 Å². The number of anilines is 1. The predicted molar refractivity (Wildman–Crippen MR) is 81.0 cm³/mol. The molecule has 1 N–H and O–H groups in total. The Kier molecular flexibility index (Phi) is 3.83. The largest absolute Gasteiger partial charge is 0.444 e. The van der Waals surface area contributed by atoms with Crippen LogP contribution in [0.25, 0.3) is 11.5 Å². The van der Waals surface area contributed by atoms with E-state index in [-0.39, 0.29) is 0 Å². The maximum atomic E-state index is 5.78. The van der Waals surface area contributed by atoms with E-state index in [0.29, 0.717) is 23.4 Å². The lowest BCUT2D eigenvalue weighted by molar-refractivity contribution is 0.573. The van der Waals surface area contributed by atoms with Gasteiger partial charge in [-0.3, -0.25) is 4.98 Å². The normalized spacial score (nSPS) is 10.6. The van der Waals surface area contributed by atoms with Crippen molar-refractivity contribution in [1.82, 2.24) is 15.0 Å². The fourth-order valence-electron chi connectivity index (χ4n) is 1.83. The van der Waals surface area contributed by atoms with Crippen LogP contribution in [0, 0.1) is 6.92 Å². The quantitative estimate of drug-likeness (QED) is 0.796. The van der Waals surface area contributed by atoms with Gasteiger partial charge in [-0.1, -0.05) is 29.3 Å². The van der Waals surface area contributed by atoms with Gasteiger partial charge >= 0.3 is 0 Å². The van der Waals surface area contributed by atoms with E-state index in [4.69, 9.17) is 16.0 Å². The maximum absolute atomic E-state index is 5.78. The van der Waals surface area contributed by atoms with Gasteiger partial charge in [-0.05, 0) is 19.1 Å². The Morgan fingerprint density at radius 1 is 1.14 bits per heavy atom. The summed E-state index contributed by atoms with van der Waals surface area (Å²) in [5.74, 6) is 1.20. The van der Waals surface area contributed by atoms with E-state index in [1.807, 2.05) is 31.2 Å². The molecule has 0 aliphatic rings.